The molecule has 4 rings (SSSR count). The smallest absolute Gasteiger partial charge is 0.0409 e. The molecule has 0 radical (unpaired) electrons. The van der Waals surface area contributed by atoms with Crippen LogP contribution in [0.25, 0.3) is 0 Å². The number of hydrogen-bond acceptors (Lipinski definition) is 2. The zero-order valence-electron chi connectivity index (χ0n) is 11.9. The third kappa shape index (κ3) is 2.88. The van der Waals surface area contributed by atoms with Crippen LogP contribution in [-0.4, -0.2) is 31.1 Å². The highest BCUT2D eigenvalue weighted by Crippen LogP contribution is 2.51. The molecule has 1 heterocycles. The normalized spacial score (nSPS) is 32.4. The summed E-state index contributed by atoms with van der Waals surface area (Å²) in [6, 6.07) is 8.16. The third-order valence-corrected chi connectivity index (χ3v) is 5.49. The van der Waals surface area contributed by atoms with E-state index in [-0.39, 0.29) is 0 Å². The van der Waals surface area contributed by atoms with Crippen LogP contribution in [0.5, 0.6) is 0 Å². The Kier molecular flexibility index (Phi) is 3.49. The fraction of sp³-hybridized carbons (Fsp3) is 0.647. The van der Waals surface area contributed by atoms with Crippen LogP contribution in [0, 0.1) is 23.7 Å². The maximum Gasteiger partial charge on any atom is 0.0409 e. The van der Waals surface area contributed by atoms with Gasteiger partial charge in [0.2, 0.25) is 0 Å². The molecule has 0 aromatic heterocycles. The van der Waals surface area contributed by atoms with Crippen molar-refractivity contribution in [3.8, 4) is 0 Å². The van der Waals surface area contributed by atoms with Crippen molar-refractivity contribution in [3.63, 3.8) is 0 Å². The van der Waals surface area contributed by atoms with E-state index in [1.165, 1.54) is 44.6 Å². The molecule has 0 bridgehead atoms. The number of likely N-dealkylation sites (tertiary alicyclic amines) is 1. The molecule has 2 unspecified atom stereocenters. The minimum atomic E-state index is 0.836. The van der Waals surface area contributed by atoms with Crippen molar-refractivity contribution < 1.29 is 0 Å². The molecule has 3 heteroatoms. The number of halogens is 1. The zero-order valence-corrected chi connectivity index (χ0v) is 12.6. The Morgan fingerprint density at radius 2 is 2.00 bits per heavy atom. The average molecular weight is 291 g/mol. The summed E-state index contributed by atoms with van der Waals surface area (Å²) in [5.74, 6) is 3.96. The van der Waals surface area contributed by atoms with Gasteiger partial charge in [-0.05, 0) is 60.8 Å². The predicted molar refractivity (Wildman–Crippen MR) is 82.8 cm³/mol. The standard InChI is InChI=1S/C17H23ClN2/c18-14-3-1-2-13(6-14)7-19-8-15-16-10-20(11-17(15)16)9-12-4-5-12/h1-3,6,12,15-17,19H,4-5,7-11H2. The molecule has 1 saturated heterocycles. The monoisotopic (exact) mass is 290 g/mol. The van der Waals surface area contributed by atoms with Crippen molar-refractivity contribution in [1.29, 1.82) is 0 Å². The van der Waals surface area contributed by atoms with Gasteiger partial charge in [0.05, 0.1) is 0 Å². The van der Waals surface area contributed by atoms with E-state index in [0.29, 0.717) is 0 Å². The van der Waals surface area contributed by atoms with E-state index in [9.17, 15) is 0 Å². The van der Waals surface area contributed by atoms with E-state index in [1.807, 2.05) is 12.1 Å². The third-order valence-electron chi connectivity index (χ3n) is 5.26. The molecule has 0 amide bonds. The maximum absolute atomic E-state index is 6.01. The summed E-state index contributed by atoms with van der Waals surface area (Å²) in [4.78, 5) is 2.71. The van der Waals surface area contributed by atoms with Crippen LogP contribution >= 0.6 is 11.6 Å². The highest BCUT2D eigenvalue weighted by Gasteiger charge is 2.55. The predicted octanol–water partition coefficient (Wildman–Crippen LogP) is 3.02. The molecule has 0 spiro atoms. The van der Waals surface area contributed by atoms with Gasteiger partial charge in [-0.1, -0.05) is 23.7 Å². The van der Waals surface area contributed by atoms with E-state index in [2.05, 4.69) is 22.3 Å². The number of nitrogens with one attached hydrogen (secondary N) is 1. The number of hydrogen-bond donors (Lipinski definition) is 1. The van der Waals surface area contributed by atoms with Crippen molar-refractivity contribution in [2.75, 3.05) is 26.2 Å². The molecule has 2 aliphatic carbocycles. The molecule has 3 aliphatic rings. The number of rotatable bonds is 6. The van der Waals surface area contributed by atoms with Crippen LogP contribution in [0.2, 0.25) is 5.02 Å². The first-order valence-electron chi connectivity index (χ1n) is 7.97. The summed E-state index contributed by atoms with van der Waals surface area (Å²) >= 11 is 6.01. The highest BCUT2D eigenvalue weighted by molar-refractivity contribution is 6.30. The minimum absolute atomic E-state index is 0.836. The number of nitrogens with zero attached hydrogens (tertiary/aromatic N) is 1. The van der Waals surface area contributed by atoms with Crippen LogP contribution in [-0.2, 0) is 6.54 Å². The van der Waals surface area contributed by atoms with E-state index in [4.69, 9.17) is 11.6 Å². The zero-order chi connectivity index (χ0) is 13.5. The second-order valence-corrected chi connectivity index (χ2v) is 7.35. The van der Waals surface area contributed by atoms with Gasteiger partial charge in [-0.15, -0.1) is 0 Å². The molecule has 3 fully saturated rings. The van der Waals surface area contributed by atoms with Crippen LogP contribution in [0.4, 0.5) is 0 Å². The summed E-state index contributed by atoms with van der Waals surface area (Å²) in [5.41, 5.74) is 1.29. The summed E-state index contributed by atoms with van der Waals surface area (Å²) in [7, 11) is 0. The van der Waals surface area contributed by atoms with Crippen molar-refractivity contribution in [3.05, 3.63) is 34.9 Å². The molecule has 2 saturated carbocycles. The van der Waals surface area contributed by atoms with E-state index in [0.717, 1.165) is 35.2 Å². The van der Waals surface area contributed by atoms with Crippen LogP contribution in [0.3, 0.4) is 0 Å². The first-order chi connectivity index (χ1) is 9.79. The van der Waals surface area contributed by atoms with Gasteiger partial charge in [-0.2, -0.15) is 0 Å². The maximum atomic E-state index is 6.01. The Hall–Kier alpha value is -0.570. The first kappa shape index (κ1) is 13.1. The van der Waals surface area contributed by atoms with Crippen molar-refractivity contribution >= 4 is 11.6 Å². The molecule has 2 nitrogen and oxygen atoms in total. The van der Waals surface area contributed by atoms with E-state index in [1.54, 1.807) is 0 Å². The first-order valence-corrected chi connectivity index (χ1v) is 8.35. The molecule has 108 valence electrons. The molecular formula is C17H23ClN2. The summed E-state index contributed by atoms with van der Waals surface area (Å²) in [5, 5.41) is 4.45. The number of fused-ring (bicyclic) bond motifs is 1. The van der Waals surface area contributed by atoms with Crippen molar-refractivity contribution in [2.45, 2.75) is 19.4 Å². The minimum Gasteiger partial charge on any atom is -0.312 e. The molecule has 1 N–H and O–H groups in total. The van der Waals surface area contributed by atoms with Crippen molar-refractivity contribution in [2.24, 2.45) is 23.7 Å². The van der Waals surface area contributed by atoms with Gasteiger partial charge in [0, 0.05) is 31.2 Å². The quantitative estimate of drug-likeness (QED) is 0.866. The summed E-state index contributed by atoms with van der Waals surface area (Å²) < 4.78 is 0. The lowest BCUT2D eigenvalue weighted by molar-refractivity contribution is 0.272. The van der Waals surface area contributed by atoms with Gasteiger partial charge in [0.1, 0.15) is 0 Å². The lowest BCUT2D eigenvalue weighted by Crippen LogP contribution is -2.29. The molecule has 1 aromatic rings. The Morgan fingerprint density at radius 3 is 2.70 bits per heavy atom. The largest absolute Gasteiger partial charge is 0.312 e. The molecule has 20 heavy (non-hydrogen) atoms. The van der Waals surface area contributed by atoms with Gasteiger partial charge < -0.3 is 10.2 Å². The molecule has 1 aliphatic heterocycles. The van der Waals surface area contributed by atoms with Crippen LogP contribution < -0.4 is 5.32 Å². The Balaban J connectivity index is 1.18. The SMILES string of the molecule is Clc1cccc(CNCC2C3CN(CC4CC4)CC23)c1. The van der Waals surface area contributed by atoms with Gasteiger partial charge >= 0.3 is 0 Å². The fourth-order valence-electron chi connectivity index (χ4n) is 3.88. The van der Waals surface area contributed by atoms with Crippen molar-refractivity contribution in [1.82, 2.24) is 10.2 Å². The van der Waals surface area contributed by atoms with E-state index >= 15 is 0 Å². The topological polar surface area (TPSA) is 15.3 Å². The Labute approximate surface area is 126 Å². The molecule has 1 aromatic carbocycles. The summed E-state index contributed by atoms with van der Waals surface area (Å²) in [6.45, 7) is 6.24. The van der Waals surface area contributed by atoms with Gasteiger partial charge in [0.15, 0.2) is 0 Å². The molecule has 2 atom stereocenters. The van der Waals surface area contributed by atoms with E-state index < -0.39 is 0 Å². The lowest BCUT2D eigenvalue weighted by Gasteiger charge is -2.19. The number of benzene rings is 1. The Bertz CT molecular complexity index is 474. The van der Waals surface area contributed by atoms with Gasteiger partial charge in [0.25, 0.3) is 0 Å². The van der Waals surface area contributed by atoms with Gasteiger partial charge in [-0.25, -0.2) is 0 Å². The highest BCUT2D eigenvalue weighted by atomic mass is 35.5. The second-order valence-electron chi connectivity index (χ2n) is 6.91. The Morgan fingerprint density at radius 1 is 1.20 bits per heavy atom. The molecular weight excluding hydrogens is 268 g/mol. The lowest BCUT2D eigenvalue weighted by atomic mass is 10.2. The van der Waals surface area contributed by atoms with Crippen LogP contribution in [0.15, 0.2) is 24.3 Å². The van der Waals surface area contributed by atoms with Gasteiger partial charge in [-0.3, -0.25) is 0 Å². The summed E-state index contributed by atoms with van der Waals surface area (Å²) in [6.07, 6.45) is 2.97. The average Bonchev–Trinajstić information content (AvgIpc) is 3.30. The fourth-order valence-corrected chi connectivity index (χ4v) is 4.10. The second kappa shape index (κ2) is 5.32. The van der Waals surface area contributed by atoms with Crippen LogP contribution in [0.1, 0.15) is 18.4 Å². The number of piperidine rings is 1.